The highest BCUT2D eigenvalue weighted by atomic mass is 16.6. The number of benzene rings is 2. The lowest BCUT2D eigenvalue weighted by atomic mass is 9.96. The standard InChI is InChI=1S/C22H21NO2/c1-22(2,3)25-21(24)19-13-8-7-12-18(19)20-17(14-9-15-23-20)16-10-5-4-6-11-16/h4-15H,1-3H3. The van der Waals surface area contributed by atoms with Gasteiger partial charge in [0, 0.05) is 17.3 Å². The molecule has 0 saturated heterocycles. The van der Waals surface area contributed by atoms with Crippen molar-refractivity contribution in [3.05, 3.63) is 78.5 Å². The van der Waals surface area contributed by atoms with E-state index in [0.29, 0.717) is 5.56 Å². The molecule has 25 heavy (non-hydrogen) atoms. The van der Waals surface area contributed by atoms with E-state index < -0.39 is 5.60 Å². The van der Waals surface area contributed by atoms with Crippen molar-refractivity contribution in [2.24, 2.45) is 0 Å². The van der Waals surface area contributed by atoms with Crippen LogP contribution in [0.15, 0.2) is 72.9 Å². The summed E-state index contributed by atoms with van der Waals surface area (Å²) in [5.41, 5.74) is 3.57. The van der Waals surface area contributed by atoms with Gasteiger partial charge in [-0.25, -0.2) is 4.79 Å². The number of hydrogen-bond donors (Lipinski definition) is 0. The molecule has 1 aromatic heterocycles. The van der Waals surface area contributed by atoms with Gasteiger partial charge in [0.05, 0.1) is 11.3 Å². The molecule has 0 N–H and O–H groups in total. The van der Waals surface area contributed by atoms with Gasteiger partial charge in [-0.15, -0.1) is 0 Å². The van der Waals surface area contributed by atoms with E-state index in [4.69, 9.17) is 4.74 Å². The molecule has 3 heteroatoms. The van der Waals surface area contributed by atoms with E-state index >= 15 is 0 Å². The van der Waals surface area contributed by atoms with Crippen molar-refractivity contribution in [3.63, 3.8) is 0 Å². The second kappa shape index (κ2) is 6.89. The molecule has 0 aliphatic heterocycles. The minimum Gasteiger partial charge on any atom is -0.456 e. The van der Waals surface area contributed by atoms with Crippen LogP contribution < -0.4 is 0 Å². The first-order chi connectivity index (χ1) is 12.0. The van der Waals surface area contributed by atoms with Crippen LogP contribution in [0.4, 0.5) is 0 Å². The van der Waals surface area contributed by atoms with Gasteiger partial charge < -0.3 is 4.74 Å². The van der Waals surface area contributed by atoms with E-state index in [1.54, 1.807) is 12.3 Å². The lowest BCUT2D eigenvalue weighted by Gasteiger charge is -2.21. The fraction of sp³-hybridized carbons (Fsp3) is 0.182. The van der Waals surface area contributed by atoms with Crippen molar-refractivity contribution in [1.29, 1.82) is 0 Å². The van der Waals surface area contributed by atoms with Crippen LogP contribution in [0.2, 0.25) is 0 Å². The zero-order chi connectivity index (χ0) is 17.9. The second-order valence-corrected chi connectivity index (χ2v) is 6.81. The van der Waals surface area contributed by atoms with Crippen LogP contribution >= 0.6 is 0 Å². The maximum Gasteiger partial charge on any atom is 0.339 e. The van der Waals surface area contributed by atoms with Gasteiger partial charge in [0.1, 0.15) is 5.60 Å². The Bertz CT molecular complexity index is 880. The molecule has 3 nitrogen and oxygen atoms in total. The van der Waals surface area contributed by atoms with Crippen LogP contribution in [0, 0.1) is 0 Å². The third kappa shape index (κ3) is 3.94. The highest BCUT2D eigenvalue weighted by molar-refractivity contribution is 5.99. The Morgan fingerprint density at radius 3 is 2.20 bits per heavy atom. The third-order valence-electron chi connectivity index (χ3n) is 3.69. The monoisotopic (exact) mass is 331 g/mol. The molecule has 0 aliphatic rings. The summed E-state index contributed by atoms with van der Waals surface area (Å²) in [6.45, 7) is 5.59. The Hall–Kier alpha value is -2.94. The van der Waals surface area contributed by atoms with E-state index in [2.05, 4.69) is 4.98 Å². The predicted molar refractivity (Wildman–Crippen MR) is 100 cm³/mol. The quantitative estimate of drug-likeness (QED) is 0.606. The number of carbonyl (C=O) groups excluding carboxylic acids is 1. The first-order valence-electron chi connectivity index (χ1n) is 8.29. The summed E-state index contributed by atoms with van der Waals surface area (Å²) in [7, 11) is 0. The largest absolute Gasteiger partial charge is 0.456 e. The van der Waals surface area contributed by atoms with Gasteiger partial charge in [-0.1, -0.05) is 54.6 Å². The summed E-state index contributed by atoms with van der Waals surface area (Å²) in [4.78, 5) is 17.2. The minimum absolute atomic E-state index is 0.340. The van der Waals surface area contributed by atoms with Gasteiger partial charge in [0.25, 0.3) is 0 Å². The third-order valence-corrected chi connectivity index (χ3v) is 3.69. The number of carbonyl (C=O) groups is 1. The fourth-order valence-corrected chi connectivity index (χ4v) is 2.67. The van der Waals surface area contributed by atoms with Crippen molar-refractivity contribution in [2.75, 3.05) is 0 Å². The average molecular weight is 331 g/mol. The Morgan fingerprint density at radius 1 is 0.840 bits per heavy atom. The Balaban J connectivity index is 2.12. The normalized spacial score (nSPS) is 11.2. The summed E-state index contributed by atoms with van der Waals surface area (Å²) in [6.07, 6.45) is 1.74. The number of esters is 1. The first kappa shape index (κ1) is 16.9. The van der Waals surface area contributed by atoms with Crippen LogP contribution in [0.3, 0.4) is 0 Å². The summed E-state index contributed by atoms with van der Waals surface area (Å²) in [5.74, 6) is -0.340. The molecule has 0 aliphatic carbocycles. The number of rotatable bonds is 3. The minimum atomic E-state index is -0.545. The molecule has 0 atom stereocenters. The van der Waals surface area contributed by atoms with Crippen LogP contribution in [-0.4, -0.2) is 16.6 Å². The lowest BCUT2D eigenvalue weighted by Crippen LogP contribution is -2.24. The Kier molecular flexibility index (Phi) is 4.66. The summed E-state index contributed by atoms with van der Waals surface area (Å²) in [5, 5.41) is 0. The second-order valence-electron chi connectivity index (χ2n) is 6.81. The SMILES string of the molecule is CC(C)(C)OC(=O)c1ccccc1-c1ncccc1-c1ccccc1. The molecule has 0 spiro atoms. The highest BCUT2D eigenvalue weighted by Gasteiger charge is 2.22. The molecular formula is C22H21NO2. The molecule has 0 radical (unpaired) electrons. The zero-order valence-electron chi connectivity index (χ0n) is 14.7. The summed E-state index contributed by atoms with van der Waals surface area (Å²) in [6, 6.07) is 21.4. The summed E-state index contributed by atoms with van der Waals surface area (Å²) < 4.78 is 5.56. The Morgan fingerprint density at radius 2 is 1.48 bits per heavy atom. The molecule has 0 bridgehead atoms. The molecule has 126 valence electrons. The van der Waals surface area contributed by atoms with Gasteiger partial charge in [-0.2, -0.15) is 0 Å². The molecule has 0 saturated carbocycles. The van der Waals surface area contributed by atoms with E-state index in [-0.39, 0.29) is 5.97 Å². The molecule has 0 fully saturated rings. The van der Waals surface area contributed by atoms with Gasteiger partial charge in [0.2, 0.25) is 0 Å². The number of hydrogen-bond acceptors (Lipinski definition) is 3. The Labute approximate surface area is 148 Å². The molecular weight excluding hydrogens is 310 g/mol. The van der Waals surface area contributed by atoms with Crippen LogP contribution in [-0.2, 0) is 4.74 Å². The molecule has 1 heterocycles. The molecule has 3 rings (SSSR count). The predicted octanol–water partition coefficient (Wildman–Crippen LogP) is 5.37. The van der Waals surface area contributed by atoms with Crippen molar-refractivity contribution >= 4 is 5.97 Å². The highest BCUT2D eigenvalue weighted by Crippen LogP contribution is 2.32. The lowest BCUT2D eigenvalue weighted by molar-refractivity contribution is 0.00704. The van der Waals surface area contributed by atoms with Crippen molar-refractivity contribution < 1.29 is 9.53 Å². The first-order valence-corrected chi connectivity index (χ1v) is 8.29. The van der Waals surface area contributed by atoms with Gasteiger partial charge >= 0.3 is 5.97 Å². The van der Waals surface area contributed by atoms with Gasteiger partial charge in [0.15, 0.2) is 0 Å². The van der Waals surface area contributed by atoms with E-state index in [0.717, 1.165) is 22.4 Å². The van der Waals surface area contributed by atoms with E-state index in [1.807, 2.05) is 81.4 Å². The van der Waals surface area contributed by atoms with Gasteiger partial charge in [-0.05, 0) is 38.5 Å². The van der Waals surface area contributed by atoms with Crippen LogP contribution in [0.25, 0.3) is 22.4 Å². The zero-order valence-corrected chi connectivity index (χ0v) is 14.7. The fourth-order valence-electron chi connectivity index (χ4n) is 2.67. The van der Waals surface area contributed by atoms with Crippen molar-refractivity contribution in [2.45, 2.75) is 26.4 Å². The van der Waals surface area contributed by atoms with Crippen LogP contribution in [0.1, 0.15) is 31.1 Å². The number of aromatic nitrogens is 1. The van der Waals surface area contributed by atoms with Crippen molar-refractivity contribution in [1.82, 2.24) is 4.98 Å². The van der Waals surface area contributed by atoms with E-state index in [9.17, 15) is 4.79 Å². The van der Waals surface area contributed by atoms with Crippen LogP contribution in [0.5, 0.6) is 0 Å². The molecule has 0 unspecified atom stereocenters. The maximum atomic E-state index is 12.7. The average Bonchev–Trinajstić information content (AvgIpc) is 2.61. The molecule has 0 amide bonds. The maximum absolute atomic E-state index is 12.7. The van der Waals surface area contributed by atoms with Crippen molar-refractivity contribution in [3.8, 4) is 22.4 Å². The number of nitrogens with zero attached hydrogens (tertiary/aromatic N) is 1. The smallest absolute Gasteiger partial charge is 0.339 e. The topological polar surface area (TPSA) is 39.2 Å². The van der Waals surface area contributed by atoms with E-state index in [1.165, 1.54) is 0 Å². The van der Waals surface area contributed by atoms with Gasteiger partial charge in [-0.3, -0.25) is 4.98 Å². The summed E-state index contributed by atoms with van der Waals surface area (Å²) >= 11 is 0. The molecule has 3 aromatic rings. The molecule has 2 aromatic carbocycles. The number of pyridine rings is 1. The number of ether oxygens (including phenoxy) is 1.